The fourth-order valence-corrected chi connectivity index (χ4v) is 5.43. The second-order valence-electron chi connectivity index (χ2n) is 7.90. The molecular formula is C23H22N2O5S2. The summed E-state index contributed by atoms with van der Waals surface area (Å²) in [7, 11) is -3.73. The number of carbonyl (C=O) groups excluding carboxylic acids is 1. The Morgan fingerprint density at radius 1 is 1.09 bits per heavy atom. The molecule has 0 radical (unpaired) electrons. The number of fused-ring (bicyclic) bond motifs is 1. The Balaban J connectivity index is 1.72. The zero-order valence-corrected chi connectivity index (χ0v) is 19.0. The van der Waals surface area contributed by atoms with Gasteiger partial charge in [-0.1, -0.05) is 24.3 Å². The molecular weight excluding hydrogens is 448 g/mol. The highest BCUT2D eigenvalue weighted by Gasteiger charge is 2.24. The van der Waals surface area contributed by atoms with Gasteiger partial charge in [0.25, 0.3) is 11.6 Å². The molecule has 1 atom stereocenters. The first-order valence-electron chi connectivity index (χ1n) is 10.2. The van der Waals surface area contributed by atoms with Gasteiger partial charge < -0.3 is 5.32 Å². The quantitative estimate of drug-likeness (QED) is 0.423. The topological polar surface area (TPSA) is 106 Å². The third kappa shape index (κ3) is 4.73. The predicted octanol–water partition coefficient (Wildman–Crippen LogP) is 4.46. The summed E-state index contributed by atoms with van der Waals surface area (Å²) >= 11 is 1.50. The molecule has 0 saturated carbocycles. The molecule has 4 rings (SSSR count). The average Bonchev–Trinajstić information content (AvgIpc) is 3.30. The van der Waals surface area contributed by atoms with Gasteiger partial charge in [0.15, 0.2) is 9.84 Å². The molecule has 0 spiro atoms. The van der Waals surface area contributed by atoms with E-state index in [-0.39, 0.29) is 10.5 Å². The Morgan fingerprint density at radius 3 is 2.50 bits per heavy atom. The first kappa shape index (κ1) is 22.2. The molecule has 1 unspecified atom stereocenters. The lowest BCUT2D eigenvalue weighted by atomic mass is 9.89. The van der Waals surface area contributed by atoms with Crippen LogP contribution < -0.4 is 5.32 Å². The molecule has 2 aromatic carbocycles. The van der Waals surface area contributed by atoms with Crippen LogP contribution in [0.2, 0.25) is 0 Å². The first-order chi connectivity index (χ1) is 15.2. The van der Waals surface area contributed by atoms with Crippen molar-refractivity contribution in [1.82, 2.24) is 5.32 Å². The molecule has 7 nitrogen and oxygen atoms in total. The highest BCUT2D eigenvalue weighted by Crippen LogP contribution is 2.31. The Morgan fingerprint density at radius 2 is 1.84 bits per heavy atom. The normalized spacial score (nSPS) is 14.4. The van der Waals surface area contributed by atoms with E-state index in [1.54, 1.807) is 0 Å². The largest absolute Gasteiger partial charge is 0.340 e. The fraction of sp³-hybridized carbons (Fsp3) is 0.261. The average molecular weight is 471 g/mol. The maximum absolute atomic E-state index is 13.1. The van der Waals surface area contributed by atoms with Crippen molar-refractivity contribution in [3.05, 3.63) is 91.2 Å². The van der Waals surface area contributed by atoms with Gasteiger partial charge >= 0.3 is 0 Å². The lowest BCUT2D eigenvalue weighted by Crippen LogP contribution is -2.29. The second kappa shape index (κ2) is 8.84. The second-order valence-corrected chi connectivity index (χ2v) is 10.9. The molecule has 0 bridgehead atoms. The minimum atomic E-state index is -3.73. The van der Waals surface area contributed by atoms with Gasteiger partial charge in [-0.15, -0.1) is 11.3 Å². The van der Waals surface area contributed by atoms with Crippen LogP contribution in [0.15, 0.2) is 58.8 Å². The summed E-state index contributed by atoms with van der Waals surface area (Å²) in [4.78, 5) is 24.4. The Bertz CT molecular complexity index is 1280. The molecule has 1 aliphatic rings. The number of benzene rings is 2. The van der Waals surface area contributed by atoms with Gasteiger partial charge in [0.05, 0.1) is 15.9 Å². The van der Waals surface area contributed by atoms with Gasteiger partial charge in [-0.3, -0.25) is 14.9 Å². The summed E-state index contributed by atoms with van der Waals surface area (Å²) in [5, 5.41) is 16.2. The van der Waals surface area contributed by atoms with Gasteiger partial charge in [0.2, 0.25) is 0 Å². The van der Waals surface area contributed by atoms with Crippen molar-refractivity contribution in [3.8, 4) is 0 Å². The van der Waals surface area contributed by atoms with E-state index in [1.165, 1.54) is 35.0 Å². The zero-order valence-electron chi connectivity index (χ0n) is 17.4. The Kier molecular flexibility index (Phi) is 6.12. The number of thiophene rings is 1. The number of nitrogens with one attached hydrogen (secondary N) is 1. The standard InChI is InChI=1S/C23H22N2O5S2/c1-32(29,30)20-13-18(12-19(14-20)25(27)28)23(26)24-22(21-7-4-10-31-21)17-9-8-15-5-2-3-6-16(15)11-17/h4,7-14,22H,2-3,5-6H2,1H3,(H,24,26). The first-order valence-corrected chi connectivity index (χ1v) is 12.9. The zero-order chi connectivity index (χ0) is 22.9. The van der Waals surface area contributed by atoms with Crippen LogP contribution in [0.4, 0.5) is 5.69 Å². The highest BCUT2D eigenvalue weighted by atomic mass is 32.2. The number of nitro groups is 1. The summed E-state index contributed by atoms with van der Waals surface area (Å²) < 4.78 is 24.0. The third-order valence-corrected chi connectivity index (χ3v) is 7.63. The fourth-order valence-electron chi connectivity index (χ4n) is 3.96. The number of non-ortho nitro benzene ring substituents is 1. The Labute approximate surface area is 190 Å². The number of amides is 1. The summed E-state index contributed by atoms with van der Waals surface area (Å²) in [6.07, 6.45) is 5.31. The maximum atomic E-state index is 13.1. The highest BCUT2D eigenvalue weighted by molar-refractivity contribution is 7.90. The lowest BCUT2D eigenvalue weighted by Gasteiger charge is -2.22. The van der Waals surface area contributed by atoms with Gasteiger partial charge in [0, 0.05) is 28.8 Å². The minimum Gasteiger partial charge on any atom is -0.340 e. The van der Waals surface area contributed by atoms with E-state index >= 15 is 0 Å². The number of sulfone groups is 1. The Hall–Kier alpha value is -3.04. The van der Waals surface area contributed by atoms with E-state index < -0.39 is 32.4 Å². The molecule has 9 heteroatoms. The summed E-state index contributed by atoms with van der Waals surface area (Å²) in [5.74, 6) is -0.574. The molecule has 3 aromatic rings. The molecule has 1 heterocycles. The van der Waals surface area contributed by atoms with Gasteiger partial charge in [0.1, 0.15) is 0 Å². The van der Waals surface area contributed by atoms with Gasteiger partial charge in [-0.2, -0.15) is 0 Å². The number of nitrogens with zero attached hydrogens (tertiary/aromatic N) is 1. The number of nitro benzene ring substituents is 1. The SMILES string of the molecule is CS(=O)(=O)c1cc(C(=O)NC(c2ccc3c(c2)CCCC3)c2cccs2)cc([N+](=O)[O-])c1. The minimum absolute atomic E-state index is 0.0702. The summed E-state index contributed by atoms with van der Waals surface area (Å²) in [6.45, 7) is 0. The third-order valence-electron chi connectivity index (χ3n) is 5.60. The van der Waals surface area contributed by atoms with Crippen LogP contribution in [0.25, 0.3) is 0 Å². The van der Waals surface area contributed by atoms with Crippen molar-refractivity contribution >= 4 is 32.8 Å². The smallest absolute Gasteiger partial charge is 0.271 e. The maximum Gasteiger partial charge on any atom is 0.271 e. The van der Waals surface area contributed by atoms with Crippen LogP contribution in [0.5, 0.6) is 0 Å². The van der Waals surface area contributed by atoms with Crippen LogP contribution in [0.3, 0.4) is 0 Å². The van der Waals surface area contributed by atoms with E-state index in [4.69, 9.17) is 0 Å². The molecule has 1 aromatic heterocycles. The number of hydrogen-bond acceptors (Lipinski definition) is 6. The summed E-state index contributed by atoms with van der Waals surface area (Å²) in [6, 6.07) is 12.8. The number of rotatable bonds is 6. The number of aryl methyl sites for hydroxylation is 2. The van der Waals surface area contributed by atoms with Gasteiger partial charge in [-0.05, 0) is 59.9 Å². The molecule has 32 heavy (non-hydrogen) atoms. The van der Waals surface area contributed by atoms with Crippen molar-refractivity contribution in [1.29, 1.82) is 0 Å². The number of carbonyl (C=O) groups is 1. The number of hydrogen-bond donors (Lipinski definition) is 1. The van der Waals surface area contributed by atoms with Crippen molar-refractivity contribution < 1.29 is 18.1 Å². The van der Waals surface area contributed by atoms with Crippen LogP contribution in [-0.2, 0) is 22.7 Å². The van der Waals surface area contributed by atoms with Crippen LogP contribution in [0, 0.1) is 10.1 Å². The van der Waals surface area contributed by atoms with Crippen molar-refractivity contribution in [2.75, 3.05) is 6.26 Å². The predicted molar refractivity (Wildman–Crippen MR) is 123 cm³/mol. The van der Waals surface area contributed by atoms with Crippen molar-refractivity contribution in [2.24, 2.45) is 0 Å². The van der Waals surface area contributed by atoms with E-state index in [0.717, 1.165) is 48.1 Å². The van der Waals surface area contributed by atoms with E-state index in [2.05, 4.69) is 17.4 Å². The van der Waals surface area contributed by atoms with Crippen molar-refractivity contribution in [3.63, 3.8) is 0 Å². The molecule has 1 amide bonds. The summed E-state index contributed by atoms with van der Waals surface area (Å²) in [5.41, 5.74) is 3.01. The molecule has 166 valence electrons. The van der Waals surface area contributed by atoms with Crippen LogP contribution in [0.1, 0.15) is 50.8 Å². The molecule has 0 saturated heterocycles. The van der Waals surface area contributed by atoms with E-state index in [1.807, 2.05) is 23.6 Å². The lowest BCUT2D eigenvalue weighted by molar-refractivity contribution is -0.385. The molecule has 1 aliphatic carbocycles. The van der Waals surface area contributed by atoms with Crippen LogP contribution >= 0.6 is 11.3 Å². The monoisotopic (exact) mass is 470 g/mol. The van der Waals surface area contributed by atoms with E-state index in [0.29, 0.717) is 0 Å². The molecule has 1 N–H and O–H groups in total. The molecule has 0 aliphatic heterocycles. The van der Waals surface area contributed by atoms with Crippen LogP contribution in [-0.4, -0.2) is 25.5 Å². The van der Waals surface area contributed by atoms with E-state index in [9.17, 15) is 23.3 Å². The van der Waals surface area contributed by atoms with Gasteiger partial charge in [-0.25, -0.2) is 8.42 Å². The van der Waals surface area contributed by atoms with Crippen molar-refractivity contribution in [2.45, 2.75) is 36.6 Å². The molecule has 0 fully saturated rings.